The number of furan rings is 1. The zero-order valence-corrected chi connectivity index (χ0v) is 23.9. The highest BCUT2D eigenvalue weighted by molar-refractivity contribution is 6.34. The third-order valence-electron chi connectivity index (χ3n) is 9.45. The molecule has 0 saturated carbocycles. The molecule has 5 aromatic heterocycles. The molecule has 0 fully saturated rings. The molecule has 11 aromatic rings. The van der Waals surface area contributed by atoms with Crippen molar-refractivity contribution >= 4 is 82.0 Å². The summed E-state index contributed by atoms with van der Waals surface area (Å²) in [5.41, 5.74) is 9.10. The van der Waals surface area contributed by atoms with Crippen molar-refractivity contribution in [3.8, 4) is 17.2 Å². The van der Waals surface area contributed by atoms with Crippen LogP contribution in [0.25, 0.3) is 99.2 Å². The van der Waals surface area contributed by atoms with E-state index in [1.165, 1.54) is 48.9 Å². The molecule has 45 heavy (non-hydrogen) atoms. The summed E-state index contributed by atoms with van der Waals surface area (Å²) in [6, 6.07) is 46.9. The molecule has 5 heteroatoms. The van der Waals surface area contributed by atoms with Gasteiger partial charge in [0.25, 0.3) is 0 Å². The third kappa shape index (κ3) is 2.88. The van der Waals surface area contributed by atoms with Crippen LogP contribution in [0.1, 0.15) is 0 Å². The molecule has 5 nitrogen and oxygen atoms in total. The lowest BCUT2D eigenvalue weighted by Crippen LogP contribution is -2.02. The maximum absolute atomic E-state index is 6.64. The lowest BCUT2D eigenvalue weighted by atomic mass is 10.0. The highest BCUT2D eigenvalue weighted by Gasteiger charge is 2.27. The second kappa shape index (κ2) is 8.24. The van der Waals surface area contributed by atoms with Gasteiger partial charge in [0, 0.05) is 43.3 Å². The predicted octanol–water partition coefficient (Wildman–Crippen LogP) is 10.3. The number of rotatable bonds is 2. The Kier molecular flexibility index (Phi) is 4.26. The van der Waals surface area contributed by atoms with Gasteiger partial charge in [-0.1, -0.05) is 97.1 Å². The Morgan fingerprint density at radius 2 is 1.09 bits per heavy atom. The van der Waals surface area contributed by atoms with E-state index in [2.05, 4.69) is 106 Å². The van der Waals surface area contributed by atoms with E-state index in [1.54, 1.807) is 0 Å². The van der Waals surface area contributed by atoms with Gasteiger partial charge in [-0.3, -0.25) is 4.57 Å². The zero-order chi connectivity index (χ0) is 29.2. The van der Waals surface area contributed by atoms with Crippen molar-refractivity contribution < 1.29 is 4.42 Å². The monoisotopic (exact) mass is 574 g/mol. The highest BCUT2D eigenvalue weighted by Crippen LogP contribution is 2.47. The van der Waals surface area contributed by atoms with Gasteiger partial charge in [-0.05, 0) is 36.4 Å². The average Bonchev–Trinajstić information content (AvgIpc) is 3.83. The molecule has 6 aromatic carbocycles. The third-order valence-corrected chi connectivity index (χ3v) is 9.45. The maximum atomic E-state index is 6.64. The smallest absolute Gasteiger partial charge is 0.197 e. The second-order valence-corrected chi connectivity index (χ2v) is 11.8. The van der Waals surface area contributed by atoms with E-state index < -0.39 is 0 Å². The van der Waals surface area contributed by atoms with Crippen LogP contribution in [-0.4, -0.2) is 18.9 Å². The van der Waals surface area contributed by atoms with Crippen molar-refractivity contribution in [2.75, 3.05) is 0 Å². The van der Waals surface area contributed by atoms with Gasteiger partial charge in [-0.25, -0.2) is 9.97 Å². The highest BCUT2D eigenvalue weighted by atomic mass is 16.3. The lowest BCUT2D eigenvalue weighted by Gasteiger charge is -2.11. The Morgan fingerprint density at radius 3 is 1.89 bits per heavy atom. The number of para-hydroxylation sites is 4. The number of aromatic nitrogens is 4. The minimum atomic E-state index is 0.669. The molecule has 0 atom stereocenters. The van der Waals surface area contributed by atoms with Crippen LogP contribution in [0.2, 0.25) is 0 Å². The van der Waals surface area contributed by atoms with Crippen molar-refractivity contribution in [1.82, 2.24) is 18.9 Å². The lowest BCUT2D eigenvalue weighted by molar-refractivity contribution is 0.662. The molecule has 0 N–H and O–H groups in total. The molecule has 208 valence electrons. The van der Waals surface area contributed by atoms with Gasteiger partial charge in [0.05, 0.1) is 27.6 Å². The zero-order valence-electron chi connectivity index (χ0n) is 23.9. The van der Waals surface area contributed by atoms with Crippen molar-refractivity contribution in [3.05, 3.63) is 133 Å². The summed E-state index contributed by atoms with van der Waals surface area (Å²) < 4.78 is 11.4. The number of nitrogens with zero attached hydrogens (tertiary/aromatic N) is 4. The topological polar surface area (TPSA) is 48.3 Å². The Hall–Kier alpha value is -6.20. The molecule has 11 rings (SSSR count). The fraction of sp³-hybridized carbons (Fsp3) is 0. The van der Waals surface area contributed by atoms with Crippen molar-refractivity contribution in [1.29, 1.82) is 0 Å². The number of hydrogen-bond donors (Lipinski definition) is 0. The fourth-order valence-electron chi connectivity index (χ4n) is 7.62. The predicted molar refractivity (Wildman–Crippen MR) is 184 cm³/mol. The van der Waals surface area contributed by atoms with Crippen LogP contribution in [0, 0.1) is 0 Å². The van der Waals surface area contributed by atoms with Crippen molar-refractivity contribution in [2.45, 2.75) is 0 Å². The summed E-state index contributed by atoms with van der Waals surface area (Å²) in [6.07, 6.45) is 0. The molecule has 5 heterocycles. The number of fused-ring (bicyclic) bond motifs is 13. The Morgan fingerprint density at radius 1 is 0.489 bits per heavy atom. The van der Waals surface area contributed by atoms with E-state index in [-0.39, 0.29) is 0 Å². The van der Waals surface area contributed by atoms with E-state index in [1.807, 2.05) is 36.4 Å². The minimum Gasteiger partial charge on any atom is -0.450 e. The number of hydrogen-bond acceptors (Lipinski definition) is 3. The van der Waals surface area contributed by atoms with Crippen LogP contribution >= 0.6 is 0 Å². The standard InChI is InChI=1S/C40H22N4O/c1-2-12-23(13-3-1)39-41-35-27-17-7-11-21-33(27)45-38(35)40(42-39)44-31-19-9-5-15-25(31)29-22-28-24-14-4-8-18-30(24)43-32-20-10-6-16-26(32)34(36(28)43)37(29)44/h1-22H. The largest absolute Gasteiger partial charge is 0.450 e. The molecule has 0 unspecified atom stereocenters. The Bertz CT molecular complexity index is 2980. The molecular formula is C40H22N4O. The van der Waals surface area contributed by atoms with Crippen LogP contribution in [0.3, 0.4) is 0 Å². The van der Waals surface area contributed by atoms with Crippen LogP contribution in [0.5, 0.6) is 0 Å². The summed E-state index contributed by atoms with van der Waals surface area (Å²) in [5, 5.41) is 8.30. The van der Waals surface area contributed by atoms with Gasteiger partial charge >= 0.3 is 0 Å². The first kappa shape index (κ1) is 23.3. The van der Waals surface area contributed by atoms with Crippen molar-refractivity contribution in [2.24, 2.45) is 0 Å². The van der Waals surface area contributed by atoms with Crippen LogP contribution in [0.15, 0.2) is 138 Å². The summed E-state index contributed by atoms with van der Waals surface area (Å²) in [4.78, 5) is 10.4. The molecule has 0 aliphatic heterocycles. The van der Waals surface area contributed by atoms with Gasteiger partial charge in [-0.2, -0.15) is 0 Å². The summed E-state index contributed by atoms with van der Waals surface area (Å²) in [5.74, 6) is 1.41. The van der Waals surface area contributed by atoms with Gasteiger partial charge in [0.15, 0.2) is 17.2 Å². The quantitative estimate of drug-likeness (QED) is 0.206. The normalized spacial score (nSPS) is 12.4. The van der Waals surface area contributed by atoms with E-state index in [0.29, 0.717) is 11.4 Å². The molecule has 0 aliphatic rings. The molecule has 0 amide bonds. The van der Waals surface area contributed by atoms with E-state index in [0.717, 1.165) is 38.9 Å². The molecule has 0 saturated heterocycles. The molecule has 0 bridgehead atoms. The molecular weight excluding hydrogens is 552 g/mol. The Balaban J connectivity index is 1.43. The fourth-order valence-corrected chi connectivity index (χ4v) is 7.62. The average molecular weight is 575 g/mol. The van der Waals surface area contributed by atoms with Crippen molar-refractivity contribution in [3.63, 3.8) is 0 Å². The molecule has 0 spiro atoms. The Labute approximate surface area is 255 Å². The van der Waals surface area contributed by atoms with Gasteiger partial charge in [0.1, 0.15) is 11.1 Å². The van der Waals surface area contributed by atoms with Crippen LogP contribution in [0.4, 0.5) is 0 Å². The second-order valence-electron chi connectivity index (χ2n) is 11.8. The first-order valence-corrected chi connectivity index (χ1v) is 15.2. The molecule has 0 aliphatic carbocycles. The van der Waals surface area contributed by atoms with E-state index >= 15 is 0 Å². The van der Waals surface area contributed by atoms with Crippen LogP contribution < -0.4 is 0 Å². The summed E-state index contributed by atoms with van der Waals surface area (Å²) in [7, 11) is 0. The minimum absolute atomic E-state index is 0.669. The maximum Gasteiger partial charge on any atom is 0.197 e. The van der Waals surface area contributed by atoms with Crippen LogP contribution in [-0.2, 0) is 0 Å². The summed E-state index contributed by atoms with van der Waals surface area (Å²) >= 11 is 0. The van der Waals surface area contributed by atoms with Gasteiger partial charge in [-0.15, -0.1) is 0 Å². The first-order chi connectivity index (χ1) is 22.3. The summed E-state index contributed by atoms with van der Waals surface area (Å²) in [6.45, 7) is 0. The van der Waals surface area contributed by atoms with Gasteiger partial charge < -0.3 is 8.82 Å². The first-order valence-electron chi connectivity index (χ1n) is 15.2. The van der Waals surface area contributed by atoms with Gasteiger partial charge in [0.2, 0.25) is 0 Å². The SMILES string of the molecule is c1ccc(-c2nc(-n3c4ccccc4c4cc5c6ccccc6n6c7ccccc7c(c43)c56)c3oc4ccccc4c3n2)cc1. The number of benzene rings is 6. The van der Waals surface area contributed by atoms with E-state index in [9.17, 15) is 0 Å². The van der Waals surface area contributed by atoms with E-state index in [4.69, 9.17) is 14.4 Å². The molecule has 0 radical (unpaired) electrons.